The van der Waals surface area contributed by atoms with E-state index in [4.69, 9.17) is 5.11 Å². The molecule has 0 spiro atoms. The van der Waals surface area contributed by atoms with Crippen molar-refractivity contribution >= 4 is 19.2 Å². The molecule has 3 N–H and O–H groups in total. The standard InChI is InChI=1S/C19H22NO5P/c21-18(22)14-26(24,25)17(13-7-10-15-8-3-1-4-9-15)20-19(23)16-11-5-2-6-12-16/h1-6,8-9,11-12,17H,7,10,13-14H2,(H,20,23)(H,21,22)(H,24,25). The summed E-state index contributed by atoms with van der Waals surface area (Å²) in [6.45, 7) is 0. The molecule has 0 fully saturated rings. The number of carbonyl (C=O) groups is 2. The number of aliphatic carboxylic acids is 1. The van der Waals surface area contributed by atoms with Crippen molar-refractivity contribution in [1.82, 2.24) is 5.32 Å². The first-order valence-corrected chi connectivity index (χ1v) is 10.2. The molecule has 0 radical (unpaired) electrons. The highest BCUT2D eigenvalue weighted by molar-refractivity contribution is 7.59. The zero-order chi connectivity index (χ0) is 19.0. The van der Waals surface area contributed by atoms with E-state index >= 15 is 0 Å². The quantitative estimate of drug-likeness (QED) is 0.584. The lowest BCUT2D eigenvalue weighted by atomic mass is 10.1. The Balaban J connectivity index is 2.07. The summed E-state index contributed by atoms with van der Waals surface area (Å²) in [5.41, 5.74) is 1.43. The predicted octanol–water partition coefficient (Wildman–Crippen LogP) is 3.12. The van der Waals surface area contributed by atoms with Crippen molar-refractivity contribution < 1.29 is 24.2 Å². The third kappa shape index (κ3) is 6.14. The maximum atomic E-state index is 12.5. The maximum absolute atomic E-state index is 12.5. The third-order valence-corrected chi connectivity index (χ3v) is 6.05. The Hall–Kier alpha value is -2.43. The van der Waals surface area contributed by atoms with E-state index in [1.807, 2.05) is 30.3 Å². The second-order valence-corrected chi connectivity index (χ2v) is 8.49. The summed E-state index contributed by atoms with van der Waals surface area (Å²) in [5.74, 6) is -2.96. The first-order valence-electron chi connectivity index (χ1n) is 8.31. The van der Waals surface area contributed by atoms with Crippen LogP contribution < -0.4 is 5.32 Å². The second-order valence-electron chi connectivity index (χ2n) is 6.04. The Morgan fingerprint density at radius 1 is 1.00 bits per heavy atom. The molecule has 2 aromatic carbocycles. The molecule has 6 nitrogen and oxygen atoms in total. The minimum atomic E-state index is -4.09. The van der Waals surface area contributed by atoms with Gasteiger partial charge in [0.25, 0.3) is 5.91 Å². The fraction of sp³-hybridized carbons (Fsp3) is 0.263. The van der Waals surface area contributed by atoms with Crippen LogP contribution >= 0.6 is 7.37 Å². The van der Waals surface area contributed by atoms with E-state index in [0.717, 1.165) is 5.56 Å². The van der Waals surface area contributed by atoms with Crippen LogP contribution in [-0.2, 0) is 15.8 Å². The highest BCUT2D eigenvalue weighted by Gasteiger charge is 2.34. The van der Waals surface area contributed by atoms with Gasteiger partial charge in [-0.1, -0.05) is 48.5 Å². The van der Waals surface area contributed by atoms with Gasteiger partial charge in [-0.15, -0.1) is 0 Å². The Labute approximate surface area is 152 Å². The van der Waals surface area contributed by atoms with Crippen molar-refractivity contribution in [2.45, 2.75) is 25.0 Å². The fourth-order valence-corrected chi connectivity index (χ4v) is 4.16. The van der Waals surface area contributed by atoms with Gasteiger partial charge in [-0.25, -0.2) is 0 Å². The topological polar surface area (TPSA) is 104 Å². The van der Waals surface area contributed by atoms with Crippen molar-refractivity contribution in [2.24, 2.45) is 0 Å². The first-order chi connectivity index (χ1) is 12.4. The number of aryl methyl sites for hydroxylation is 1. The molecule has 2 atom stereocenters. The summed E-state index contributed by atoms with van der Waals surface area (Å²) >= 11 is 0. The zero-order valence-corrected chi connectivity index (χ0v) is 15.1. The number of rotatable bonds is 9. The molecule has 0 aliphatic rings. The average molecular weight is 375 g/mol. The molecule has 0 aliphatic heterocycles. The summed E-state index contributed by atoms with van der Waals surface area (Å²) in [6.07, 6.45) is 0.562. The third-order valence-electron chi connectivity index (χ3n) is 3.97. The number of carboxylic acid groups (broad SMARTS) is 1. The summed E-state index contributed by atoms with van der Waals surface area (Å²) in [6, 6.07) is 17.9. The largest absolute Gasteiger partial charge is 0.481 e. The summed E-state index contributed by atoms with van der Waals surface area (Å²) in [4.78, 5) is 33.5. The van der Waals surface area contributed by atoms with Gasteiger partial charge >= 0.3 is 5.97 Å². The summed E-state index contributed by atoms with van der Waals surface area (Å²) in [5, 5.41) is 11.5. The van der Waals surface area contributed by atoms with E-state index in [9.17, 15) is 19.0 Å². The molecule has 138 valence electrons. The van der Waals surface area contributed by atoms with E-state index in [1.165, 1.54) is 0 Å². The lowest BCUT2D eigenvalue weighted by Crippen LogP contribution is -2.36. The van der Waals surface area contributed by atoms with Crippen molar-refractivity contribution in [1.29, 1.82) is 0 Å². The maximum Gasteiger partial charge on any atom is 0.313 e. The van der Waals surface area contributed by atoms with Crippen molar-refractivity contribution in [2.75, 3.05) is 6.16 Å². The fourth-order valence-electron chi connectivity index (χ4n) is 2.65. The summed E-state index contributed by atoms with van der Waals surface area (Å²) in [7, 11) is -4.09. The molecule has 0 bridgehead atoms. The lowest BCUT2D eigenvalue weighted by molar-refractivity contribution is -0.134. The molecule has 0 heterocycles. The van der Waals surface area contributed by atoms with E-state index < -0.39 is 31.2 Å². The lowest BCUT2D eigenvalue weighted by Gasteiger charge is -2.23. The number of carboxylic acids is 1. The predicted molar refractivity (Wildman–Crippen MR) is 99.4 cm³/mol. The van der Waals surface area contributed by atoms with Crippen LogP contribution in [0.4, 0.5) is 0 Å². The van der Waals surface area contributed by atoms with E-state index in [0.29, 0.717) is 18.4 Å². The summed E-state index contributed by atoms with van der Waals surface area (Å²) < 4.78 is 12.5. The minimum Gasteiger partial charge on any atom is -0.481 e. The van der Waals surface area contributed by atoms with Gasteiger partial charge in [0.1, 0.15) is 11.9 Å². The molecule has 7 heteroatoms. The highest BCUT2D eigenvalue weighted by Crippen LogP contribution is 2.46. The molecule has 2 rings (SSSR count). The number of hydrogen-bond acceptors (Lipinski definition) is 3. The zero-order valence-electron chi connectivity index (χ0n) is 14.2. The Morgan fingerprint density at radius 3 is 2.15 bits per heavy atom. The van der Waals surface area contributed by atoms with Gasteiger partial charge < -0.3 is 15.3 Å². The van der Waals surface area contributed by atoms with Gasteiger partial charge in [0.05, 0.1) is 0 Å². The number of benzene rings is 2. The minimum absolute atomic E-state index is 0.217. The molecule has 0 aromatic heterocycles. The Bertz CT molecular complexity index is 779. The van der Waals surface area contributed by atoms with Gasteiger partial charge in [0.2, 0.25) is 7.37 Å². The van der Waals surface area contributed by atoms with Crippen LogP contribution in [0.5, 0.6) is 0 Å². The van der Waals surface area contributed by atoms with Crippen LogP contribution in [0.3, 0.4) is 0 Å². The molecular weight excluding hydrogens is 353 g/mol. The first kappa shape index (κ1) is 19.9. The highest BCUT2D eigenvalue weighted by atomic mass is 31.2. The molecule has 0 aliphatic carbocycles. The smallest absolute Gasteiger partial charge is 0.313 e. The van der Waals surface area contributed by atoms with Crippen LogP contribution in [0.1, 0.15) is 28.8 Å². The Kier molecular flexibility index (Phi) is 7.13. The van der Waals surface area contributed by atoms with Crippen LogP contribution in [-0.4, -0.2) is 33.8 Å². The SMILES string of the molecule is O=C(O)CP(=O)(O)C(CCCc1ccccc1)NC(=O)c1ccccc1. The molecule has 26 heavy (non-hydrogen) atoms. The van der Waals surface area contributed by atoms with Crippen LogP contribution in [0.15, 0.2) is 60.7 Å². The van der Waals surface area contributed by atoms with Crippen molar-refractivity contribution in [3.8, 4) is 0 Å². The normalized spacial score (nSPS) is 14.2. The Morgan fingerprint density at radius 2 is 1.58 bits per heavy atom. The van der Waals surface area contributed by atoms with E-state index in [1.54, 1.807) is 30.3 Å². The molecule has 1 amide bonds. The van der Waals surface area contributed by atoms with Crippen LogP contribution in [0, 0.1) is 0 Å². The number of hydrogen-bond donors (Lipinski definition) is 3. The van der Waals surface area contributed by atoms with Gasteiger partial charge in [0.15, 0.2) is 0 Å². The second kappa shape index (κ2) is 9.32. The van der Waals surface area contributed by atoms with E-state index in [2.05, 4.69) is 5.32 Å². The molecular formula is C19H22NO5P. The van der Waals surface area contributed by atoms with E-state index in [-0.39, 0.29) is 6.42 Å². The van der Waals surface area contributed by atoms with Gasteiger partial charge in [-0.2, -0.15) is 0 Å². The van der Waals surface area contributed by atoms with Crippen molar-refractivity contribution in [3.05, 3.63) is 71.8 Å². The van der Waals surface area contributed by atoms with Crippen molar-refractivity contribution in [3.63, 3.8) is 0 Å². The molecule has 0 saturated carbocycles. The number of carbonyl (C=O) groups excluding carboxylic acids is 1. The number of amides is 1. The van der Waals surface area contributed by atoms with Gasteiger partial charge in [-0.05, 0) is 37.0 Å². The van der Waals surface area contributed by atoms with Crippen LogP contribution in [0.2, 0.25) is 0 Å². The average Bonchev–Trinajstić information content (AvgIpc) is 2.61. The van der Waals surface area contributed by atoms with Gasteiger partial charge in [0, 0.05) is 5.56 Å². The molecule has 0 saturated heterocycles. The number of nitrogens with one attached hydrogen (secondary N) is 1. The molecule has 2 unspecified atom stereocenters. The monoisotopic (exact) mass is 375 g/mol. The molecule has 2 aromatic rings. The van der Waals surface area contributed by atoms with Crippen LogP contribution in [0.25, 0.3) is 0 Å². The van der Waals surface area contributed by atoms with Gasteiger partial charge in [-0.3, -0.25) is 14.2 Å².